The van der Waals surface area contributed by atoms with Gasteiger partial charge in [-0.15, -0.1) is 0 Å². The zero-order valence-electron chi connectivity index (χ0n) is 70.6. The summed E-state index contributed by atoms with van der Waals surface area (Å²) in [4.78, 5) is 91.8. The van der Waals surface area contributed by atoms with Crippen LogP contribution in [0, 0.1) is 11.8 Å². The molecular formula is C94H112F12N20O4. The first-order valence-electron chi connectivity index (χ1n) is 41.5. The Morgan fingerprint density at radius 1 is 0.315 bits per heavy atom. The van der Waals surface area contributed by atoms with Gasteiger partial charge < -0.3 is 63.8 Å². The summed E-state index contributed by atoms with van der Waals surface area (Å²) in [5, 5.41) is 14.1. The van der Waals surface area contributed by atoms with E-state index < -0.39 is 92.9 Å². The van der Waals surface area contributed by atoms with E-state index in [1.54, 1.807) is 0 Å². The van der Waals surface area contributed by atoms with Crippen molar-refractivity contribution in [3.63, 3.8) is 0 Å². The van der Waals surface area contributed by atoms with E-state index in [1.807, 2.05) is 141 Å². The molecule has 0 saturated carbocycles. The Balaban J connectivity index is 0.000000469. The number of anilines is 8. The van der Waals surface area contributed by atoms with E-state index in [0.717, 1.165) is 46.5 Å². The Morgan fingerprint density at radius 3 is 0.777 bits per heavy atom. The Hall–Kier alpha value is -13.8. The van der Waals surface area contributed by atoms with Crippen molar-refractivity contribution in [1.82, 2.24) is 61.1 Å². The molecule has 0 amide bonds. The minimum Gasteiger partial charge on any atom is -0.383 e. The Morgan fingerprint density at radius 2 is 0.546 bits per heavy atom. The third-order valence-electron chi connectivity index (χ3n) is 22.5. The van der Waals surface area contributed by atoms with E-state index in [2.05, 4.69) is 88.8 Å². The van der Waals surface area contributed by atoms with Gasteiger partial charge >= 0.3 is 24.7 Å². The molecule has 0 unspecified atom stereocenters. The molecule has 24 nitrogen and oxygen atoms in total. The average Bonchev–Trinajstić information content (AvgIpc) is 0.781. The Bertz CT molecular complexity index is 5640. The molecular weight excluding hydrogens is 1700 g/mol. The number of nitrogens with zero attached hydrogens (tertiary/aromatic N) is 12. The third kappa shape index (κ3) is 22.6. The number of carbonyl (C=O) groups is 4. The third-order valence-corrected chi connectivity index (χ3v) is 22.5. The van der Waals surface area contributed by atoms with Gasteiger partial charge in [0, 0.05) is 129 Å². The van der Waals surface area contributed by atoms with Crippen LogP contribution in [0.25, 0.3) is 0 Å². The molecule has 0 radical (unpaired) electrons. The molecule has 36 heteroatoms. The number of hydrogen-bond donors (Lipinski definition) is 8. The molecule has 12 heterocycles. The van der Waals surface area contributed by atoms with Crippen LogP contribution in [-0.4, -0.2) is 141 Å². The fraction of sp³-hybridized carbons (Fsp3) is 0.277. The van der Waals surface area contributed by atoms with Crippen molar-refractivity contribution >= 4 is 69.7 Å². The summed E-state index contributed by atoms with van der Waals surface area (Å²) < 4.78 is 164. The number of piperazine rings is 4. The van der Waals surface area contributed by atoms with Crippen LogP contribution in [-0.2, 0) is 24.7 Å². The van der Waals surface area contributed by atoms with Crippen molar-refractivity contribution in [2.45, 2.75) is 88.7 Å². The van der Waals surface area contributed by atoms with Gasteiger partial charge in [0.05, 0.1) is 56.6 Å². The number of ketones is 4. The van der Waals surface area contributed by atoms with E-state index in [9.17, 15) is 71.9 Å². The summed E-state index contributed by atoms with van der Waals surface area (Å²) >= 11 is 0. The second kappa shape index (κ2) is 40.6. The monoisotopic (exact) mass is 1810 g/mol. The summed E-state index contributed by atoms with van der Waals surface area (Å²) in [6.07, 6.45) is -13.5. The first-order valence-corrected chi connectivity index (χ1v) is 41.5. The Kier molecular flexibility index (Phi) is 29.3. The number of nitrogen functional groups attached to an aromatic ring is 4. The highest BCUT2D eigenvalue weighted by molar-refractivity contribution is 6.14. The highest BCUT2D eigenvalue weighted by Gasteiger charge is 2.44. The van der Waals surface area contributed by atoms with Crippen LogP contribution >= 0.6 is 0 Å². The van der Waals surface area contributed by atoms with Gasteiger partial charge in [0.15, 0.2) is 0 Å². The summed E-state index contributed by atoms with van der Waals surface area (Å²) in [7, 11) is 0. The topological polar surface area (TPSA) is 337 Å². The van der Waals surface area contributed by atoms with E-state index in [-0.39, 0.29) is 108 Å². The van der Waals surface area contributed by atoms with Crippen LogP contribution in [0.3, 0.4) is 0 Å². The largest absolute Gasteiger partial charge is 0.418 e. The minimum absolute atomic E-state index is 0. The smallest absolute Gasteiger partial charge is 0.383 e. The number of aromatic nitrogens is 8. The van der Waals surface area contributed by atoms with Crippen molar-refractivity contribution in [2.75, 3.05) is 108 Å². The number of halogens is 12. The number of carbonyl (C=O) groups excluding carboxylic acids is 4. The van der Waals surface area contributed by atoms with Crippen LogP contribution in [0.4, 0.5) is 99.2 Å². The lowest BCUT2D eigenvalue weighted by Crippen LogP contribution is -2.54. The predicted molar refractivity (Wildman–Crippen MR) is 492 cm³/mol. The van der Waals surface area contributed by atoms with Crippen LogP contribution in [0.1, 0.15) is 175 Å². The van der Waals surface area contributed by atoms with Crippen molar-refractivity contribution < 1.29 is 86.1 Å². The molecule has 16 rings (SSSR count). The fourth-order valence-electron chi connectivity index (χ4n) is 15.5. The molecule has 4 saturated heterocycles. The van der Waals surface area contributed by atoms with Crippen LogP contribution < -0.4 is 63.8 Å². The van der Waals surface area contributed by atoms with Gasteiger partial charge in [0.25, 0.3) is 0 Å². The number of nitrogens with one attached hydrogen (secondary N) is 4. The Labute approximate surface area is 755 Å². The number of nitrogens with two attached hydrogens (primary N) is 4. The number of hydrogen-bond acceptors (Lipinski definition) is 24. The SMILES string of the molecule is CC(C)[C@H]1CN(c2ccc(C(F)(F)F)c(C(=O)c3cccnc3N)n2)C[C@@H](c2ccccc2)N1.CC(C)[C@H]1CN(c2ccc(C(F)(F)F)c(C(=O)c3cccnc3N)n2)C[C@H](c2ccccc2)N1.Nc1ncccc1C(=O)c1nc(N2CCN[C@@H](c3ccccc3)C2)ccc1C(F)(F)F.Nc1ncccc1C(=O)c1nc(N2CCN[C@H](c3ccccc3)C2)ccc1C(F)(F)F.[HH].[HH].[HH].[HH].[HH].[HH].[HH].[HH].[HH].[HH]. The maximum absolute atomic E-state index is 13.8. The fourth-order valence-corrected chi connectivity index (χ4v) is 15.5. The molecule has 8 aromatic heterocycles. The lowest BCUT2D eigenvalue weighted by molar-refractivity contribution is -0.138. The lowest BCUT2D eigenvalue weighted by atomic mass is 9.95. The van der Waals surface area contributed by atoms with Gasteiger partial charge in [-0.25, -0.2) is 39.9 Å². The molecule has 6 atom stereocenters. The molecule has 4 aromatic carbocycles. The first kappa shape index (κ1) is 93.8. The van der Waals surface area contributed by atoms with Crippen LogP contribution in [0.5, 0.6) is 0 Å². The molecule has 12 aromatic rings. The van der Waals surface area contributed by atoms with E-state index in [4.69, 9.17) is 22.9 Å². The summed E-state index contributed by atoms with van der Waals surface area (Å²) in [6.45, 7) is 13.8. The molecule has 0 spiro atoms. The molecule has 12 N–H and O–H groups in total. The van der Waals surface area contributed by atoms with Crippen molar-refractivity contribution in [2.24, 2.45) is 11.8 Å². The zero-order valence-corrected chi connectivity index (χ0v) is 70.6. The van der Waals surface area contributed by atoms with E-state index in [1.165, 1.54) is 97.6 Å². The number of alkyl halides is 12. The first-order chi connectivity index (χ1) is 62.0. The predicted octanol–water partition coefficient (Wildman–Crippen LogP) is 18.3. The maximum Gasteiger partial charge on any atom is 0.418 e. The number of benzene rings is 4. The summed E-state index contributed by atoms with van der Waals surface area (Å²) in [5.74, 6) is -2.40. The average molecular weight is 1810 g/mol. The van der Waals surface area contributed by atoms with Gasteiger partial charge in [-0.05, 0) is 131 Å². The van der Waals surface area contributed by atoms with E-state index >= 15 is 0 Å². The summed E-state index contributed by atoms with van der Waals surface area (Å²) in [6, 6.07) is 59.4. The van der Waals surface area contributed by atoms with Gasteiger partial charge in [-0.1, -0.05) is 149 Å². The molecule has 696 valence electrons. The van der Waals surface area contributed by atoms with Crippen LogP contribution in [0.15, 0.2) is 243 Å². The zero-order chi connectivity index (χ0) is 92.9. The minimum atomic E-state index is -4.75. The molecule has 130 heavy (non-hydrogen) atoms. The van der Waals surface area contributed by atoms with Gasteiger partial charge in [0.2, 0.25) is 23.1 Å². The summed E-state index contributed by atoms with van der Waals surface area (Å²) in [5.41, 5.74) is 19.7. The second-order valence-electron chi connectivity index (χ2n) is 31.8. The van der Waals surface area contributed by atoms with Gasteiger partial charge in [-0.3, -0.25) is 19.2 Å². The standard InChI is InChI=1S/2C25H26F3N5O.2C22H20F3N5O.10H2/c2*1-15(2)19-13-33(14-20(31-19)16-7-4-3-5-8-16)21-11-10-18(25(26,27)28)22(32-21)23(34)17-9-6-12-30-24(17)29;2*23-22(24,25)16-8-9-18(29-19(16)20(31)15-7-4-10-28-21(15)26)30-12-11-27-17(13-30)14-5-2-1-3-6-14;;;;;;;;;;/h2*3-12,15,19-20,31H,13-14H2,1-2H3,(H2,29,30);2*1-10,17,27H,11-13H2,(H2,26,28);10*1H/t19-,20+;19-,20-;2*17-;;;;;;;;;;/m1110........../s1. The number of pyridine rings is 8. The quantitative estimate of drug-likeness (QED) is 0.0292. The van der Waals surface area contributed by atoms with Crippen molar-refractivity contribution in [1.29, 1.82) is 0 Å². The highest BCUT2D eigenvalue weighted by atomic mass is 19.4. The van der Waals surface area contributed by atoms with E-state index in [0.29, 0.717) is 88.7 Å². The number of rotatable bonds is 18. The van der Waals surface area contributed by atoms with Crippen molar-refractivity contribution in [3.8, 4) is 0 Å². The lowest BCUT2D eigenvalue weighted by Gasteiger charge is -2.41. The normalized spacial score (nSPS) is 17.9. The van der Waals surface area contributed by atoms with Crippen LogP contribution in [0.2, 0.25) is 0 Å². The van der Waals surface area contributed by atoms with Crippen molar-refractivity contribution in [3.05, 3.63) is 333 Å². The molecule has 0 aliphatic carbocycles. The van der Waals surface area contributed by atoms with Gasteiger partial charge in [0.1, 0.15) is 69.3 Å². The molecule has 0 bridgehead atoms. The second-order valence-corrected chi connectivity index (χ2v) is 31.8. The molecule has 4 aliphatic heterocycles. The molecule has 4 fully saturated rings. The maximum atomic E-state index is 13.8. The van der Waals surface area contributed by atoms with Gasteiger partial charge in [-0.2, -0.15) is 52.7 Å². The highest BCUT2D eigenvalue weighted by Crippen LogP contribution is 2.41. The molecule has 4 aliphatic rings.